The summed E-state index contributed by atoms with van der Waals surface area (Å²) in [6.07, 6.45) is 0. The highest BCUT2D eigenvalue weighted by atomic mass is 32.2. The minimum absolute atomic E-state index is 0.0253. The lowest BCUT2D eigenvalue weighted by atomic mass is 9.84. The normalized spacial score (nSPS) is 17.5. The van der Waals surface area contributed by atoms with E-state index in [1.165, 1.54) is 18.1 Å². The molecule has 1 heterocycles. The van der Waals surface area contributed by atoms with E-state index >= 15 is 0 Å². The highest BCUT2D eigenvalue weighted by Crippen LogP contribution is 2.55. The lowest BCUT2D eigenvalue weighted by molar-refractivity contribution is -0.142. The first-order valence-electron chi connectivity index (χ1n) is 14.5. The molecule has 2 atom stereocenters. The van der Waals surface area contributed by atoms with Gasteiger partial charge in [-0.3, -0.25) is 9.59 Å². The van der Waals surface area contributed by atoms with Crippen LogP contribution in [0.2, 0.25) is 18.1 Å². The Bertz CT molecular complexity index is 1440. The molecule has 216 valence electrons. The summed E-state index contributed by atoms with van der Waals surface area (Å²) in [5, 5.41) is 2.75. The number of nitrogens with zero attached hydrogens (tertiary/aromatic N) is 1. The topological polar surface area (TPSA) is 49.4 Å². The summed E-state index contributed by atoms with van der Waals surface area (Å²) in [5.41, 5.74) is 6.28. The lowest BCUT2D eigenvalue weighted by Crippen LogP contribution is -2.78. The molecule has 1 N–H and O–H groups in total. The van der Waals surface area contributed by atoms with Crippen LogP contribution in [-0.4, -0.2) is 36.0 Å². The van der Waals surface area contributed by atoms with Crippen LogP contribution in [0.25, 0.3) is 11.1 Å². The van der Waals surface area contributed by atoms with Crippen LogP contribution in [0, 0.1) is 0 Å². The van der Waals surface area contributed by atoms with E-state index in [0.717, 1.165) is 16.7 Å². The van der Waals surface area contributed by atoms with Gasteiger partial charge in [0, 0.05) is 6.92 Å². The maximum absolute atomic E-state index is 13.6. The van der Waals surface area contributed by atoms with Gasteiger partial charge in [0.2, 0.25) is 11.8 Å². The Morgan fingerprint density at radius 2 is 1.17 bits per heavy atom. The summed E-state index contributed by atoms with van der Waals surface area (Å²) < 4.78 is 1.55. The van der Waals surface area contributed by atoms with Crippen molar-refractivity contribution < 1.29 is 9.59 Å². The quantitative estimate of drug-likeness (QED) is 0.118. The molecule has 0 spiro atoms. The molecule has 42 heavy (non-hydrogen) atoms. The van der Waals surface area contributed by atoms with Crippen molar-refractivity contribution in [3.63, 3.8) is 0 Å². The van der Waals surface area contributed by atoms with Crippen LogP contribution >= 0.6 is 11.8 Å². The summed E-state index contributed by atoms with van der Waals surface area (Å²) >= 11 is 1.77. The number of nitrogens with one attached hydrogen (secondary N) is 1. The molecule has 2 aliphatic carbocycles. The van der Waals surface area contributed by atoms with E-state index in [-0.39, 0.29) is 22.2 Å². The highest BCUT2D eigenvalue weighted by molar-refractivity contribution is 8.01. The number of fused-ring (bicyclic) bond motifs is 1. The number of carbonyl (C=O) groups excluding carboxylic acids is 2. The van der Waals surface area contributed by atoms with Gasteiger partial charge >= 0.3 is 0 Å². The molecule has 1 fully saturated rings. The smallest absolute Gasteiger partial charge is 0.241 e. The van der Waals surface area contributed by atoms with E-state index in [1.807, 2.05) is 18.2 Å². The van der Waals surface area contributed by atoms with Gasteiger partial charge in [0.25, 0.3) is 0 Å². The molecule has 1 aliphatic heterocycles. The predicted molar refractivity (Wildman–Crippen MR) is 178 cm³/mol. The molecule has 6 heteroatoms. The molecule has 1 saturated heterocycles. The fourth-order valence-corrected chi connectivity index (χ4v) is 10.3. The summed E-state index contributed by atoms with van der Waals surface area (Å²) in [5.74, 6) is -0.157. The molecular formula is C36H40N2O2SSi. The molecule has 3 aromatic rings. The van der Waals surface area contributed by atoms with Gasteiger partial charge in [-0.15, -0.1) is 11.8 Å². The second-order valence-electron chi connectivity index (χ2n) is 12.6. The highest BCUT2D eigenvalue weighted by Gasteiger charge is 2.60. The van der Waals surface area contributed by atoms with Gasteiger partial charge < -0.3 is 9.88 Å². The van der Waals surface area contributed by atoms with Crippen molar-refractivity contribution in [2.75, 3.05) is 0 Å². The zero-order chi connectivity index (χ0) is 30.1. The number of amides is 2. The van der Waals surface area contributed by atoms with Crippen molar-refractivity contribution >= 4 is 31.8 Å². The number of β-lactam (4-membered cyclic amide) rings is 1. The average Bonchev–Trinajstić information content (AvgIpc) is 3.58. The standard InChI is InChI=1S/C30H36N2O2SSi.C6H4/c1-22(33)31-26-27(34)32(36(5,6)29(2,3)4)28(26)35-30(23-16-10-7-11-17-23,24-18-12-8-13-19-24)25-20-14-9-15-21-25;1-2-5-4-6(5)3-1/h7-21,26,28H,1-6H3,(H,31,33);1-4H/t26-,28-;/m1./s1. The van der Waals surface area contributed by atoms with Gasteiger partial charge in [0.1, 0.15) is 11.4 Å². The molecule has 0 radical (unpaired) electrons. The van der Waals surface area contributed by atoms with Gasteiger partial charge in [-0.2, -0.15) is 0 Å². The maximum atomic E-state index is 13.6. The molecule has 0 aromatic heterocycles. The summed E-state index contributed by atoms with van der Waals surface area (Å²) in [6, 6.07) is 39.4. The van der Waals surface area contributed by atoms with Crippen LogP contribution < -0.4 is 5.32 Å². The summed E-state index contributed by atoms with van der Waals surface area (Å²) in [6.45, 7) is 12.7. The van der Waals surface area contributed by atoms with Gasteiger partial charge in [0.15, 0.2) is 8.24 Å². The first-order chi connectivity index (χ1) is 20.0. The molecule has 0 saturated carbocycles. The Kier molecular flexibility index (Phi) is 8.23. The van der Waals surface area contributed by atoms with Gasteiger partial charge in [-0.25, -0.2) is 0 Å². The SMILES string of the molecule is CC(=O)N[C@@H]1C(=O)N([Si](C)(C)C(C)(C)C)[C@@H]1SC(c1ccccc1)(c1ccccc1)c1ccccc1.c1cc2cc-2c1. The third-order valence-electron chi connectivity index (χ3n) is 8.79. The van der Waals surface area contributed by atoms with Gasteiger partial charge in [-0.1, -0.05) is 143 Å². The Hall–Kier alpha value is -3.61. The fraction of sp³-hybridized carbons (Fsp3) is 0.278. The molecular weight excluding hydrogens is 553 g/mol. The molecule has 2 amide bonds. The first-order valence-corrected chi connectivity index (χ1v) is 18.3. The summed E-state index contributed by atoms with van der Waals surface area (Å²) in [7, 11) is -2.23. The lowest BCUT2D eigenvalue weighted by Gasteiger charge is -2.59. The molecule has 4 nitrogen and oxygen atoms in total. The average molecular weight is 593 g/mol. The van der Waals surface area contributed by atoms with Crippen LogP contribution in [0.4, 0.5) is 0 Å². The van der Waals surface area contributed by atoms with Crippen LogP contribution in [0.15, 0.2) is 115 Å². The number of thioether (sulfide) groups is 1. The van der Waals surface area contributed by atoms with Crippen molar-refractivity contribution in [3.8, 4) is 11.1 Å². The van der Waals surface area contributed by atoms with E-state index in [4.69, 9.17) is 0 Å². The van der Waals surface area contributed by atoms with Crippen molar-refractivity contribution in [2.45, 2.75) is 62.0 Å². The van der Waals surface area contributed by atoms with E-state index < -0.39 is 19.0 Å². The number of hydrogen-bond donors (Lipinski definition) is 1. The number of benzene rings is 4. The van der Waals surface area contributed by atoms with Crippen molar-refractivity contribution in [1.82, 2.24) is 9.88 Å². The first kappa shape index (κ1) is 29.9. The molecule has 3 aliphatic rings. The van der Waals surface area contributed by atoms with E-state index in [2.05, 4.69) is 141 Å². The molecule has 0 bridgehead atoms. The van der Waals surface area contributed by atoms with Crippen molar-refractivity contribution in [3.05, 3.63) is 132 Å². The number of hydrogen-bond acceptors (Lipinski definition) is 3. The molecule has 0 unspecified atom stereocenters. The van der Waals surface area contributed by atoms with E-state index in [1.54, 1.807) is 11.8 Å². The van der Waals surface area contributed by atoms with Crippen LogP contribution in [0.5, 0.6) is 0 Å². The van der Waals surface area contributed by atoms with Crippen LogP contribution in [-0.2, 0) is 14.3 Å². The van der Waals surface area contributed by atoms with E-state index in [9.17, 15) is 9.59 Å². The summed E-state index contributed by atoms with van der Waals surface area (Å²) in [4.78, 5) is 25.8. The molecule has 6 rings (SSSR count). The fourth-order valence-electron chi connectivity index (χ4n) is 5.47. The number of rotatable bonds is 7. The second-order valence-corrected chi connectivity index (χ2v) is 19.0. The minimum atomic E-state index is -2.23. The zero-order valence-electron chi connectivity index (χ0n) is 25.3. The Morgan fingerprint density at radius 1 is 0.738 bits per heavy atom. The van der Waals surface area contributed by atoms with Crippen molar-refractivity contribution in [1.29, 1.82) is 0 Å². The zero-order valence-corrected chi connectivity index (χ0v) is 27.1. The maximum Gasteiger partial charge on any atom is 0.241 e. The van der Waals surface area contributed by atoms with Gasteiger partial charge in [0.05, 0.1) is 4.75 Å². The van der Waals surface area contributed by atoms with Crippen LogP contribution in [0.1, 0.15) is 44.4 Å². The Balaban J connectivity index is 0.000000513. The van der Waals surface area contributed by atoms with Crippen LogP contribution in [0.3, 0.4) is 0 Å². The monoisotopic (exact) mass is 592 g/mol. The third-order valence-corrected chi connectivity index (χ3v) is 16.1. The Morgan fingerprint density at radius 3 is 1.48 bits per heavy atom. The van der Waals surface area contributed by atoms with Gasteiger partial charge in [-0.05, 0) is 38.9 Å². The van der Waals surface area contributed by atoms with Crippen molar-refractivity contribution in [2.24, 2.45) is 0 Å². The predicted octanol–water partition coefficient (Wildman–Crippen LogP) is 8.06. The van der Waals surface area contributed by atoms with E-state index in [0.29, 0.717) is 0 Å². The Labute approximate surface area is 255 Å². The third kappa shape index (κ3) is 5.58. The largest absolute Gasteiger partial charge is 0.353 e. The minimum Gasteiger partial charge on any atom is -0.353 e. The molecule has 3 aromatic carbocycles. The number of carbonyl (C=O) groups is 2. The second kappa shape index (κ2) is 11.6.